The molecule has 0 saturated heterocycles. The molecule has 0 unspecified atom stereocenters. The van der Waals surface area contributed by atoms with E-state index in [1.54, 1.807) is 25.5 Å². The summed E-state index contributed by atoms with van der Waals surface area (Å²) < 4.78 is 11.1. The fraction of sp³-hybridized carbons (Fsp3) is 0.200. The van der Waals surface area contributed by atoms with Gasteiger partial charge < -0.3 is 14.9 Å². The summed E-state index contributed by atoms with van der Waals surface area (Å²) in [6.07, 6.45) is 1.58. The van der Waals surface area contributed by atoms with Crippen molar-refractivity contribution < 1.29 is 9.15 Å². The largest absolute Gasteiger partial charge is 0.461 e. The van der Waals surface area contributed by atoms with Crippen LogP contribution < -0.4 is 5.73 Å². The zero-order valence-electron chi connectivity index (χ0n) is 8.61. The molecule has 2 heterocycles. The molecular formula is C10H10BrN3O2. The summed E-state index contributed by atoms with van der Waals surface area (Å²) in [6.45, 7) is 0.316. The van der Waals surface area contributed by atoms with Gasteiger partial charge in [0.25, 0.3) is 0 Å². The molecule has 2 aromatic heterocycles. The average Bonchev–Trinajstić information content (AvgIpc) is 2.64. The number of anilines is 1. The molecule has 0 bridgehead atoms. The van der Waals surface area contributed by atoms with E-state index >= 15 is 0 Å². The number of hydrogen-bond donors (Lipinski definition) is 1. The second-order valence-corrected chi connectivity index (χ2v) is 3.98. The Bertz CT molecular complexity index is 499. The zero-order chi connectivity index (χ0) is 11.5. The van der Waals surface area contributed by atoms with Gasteiger partial charge in [0.1, 0.15) is 18.1 Å². The molecule has 6 heteroatoms. The van der Waals surface area contributed by atoms with Gasteiger partial charge in [0.15, 0.2) is 11.6 Å². The Morgan fingerprint density at radius 1 is 1.50 bits per heavy atom. The molecule has 2 rings (SSSR count). The van der Waals surface area contributed by atoms with Crippen LogP contribution in [0.15, 0.2) is 27.3 Å². The minimum atomic E-state index is 0.316. The molecule has 0 aliphatic heterocycles. The quantitative estimate of drug-likeness (QED) is 0.935. The summed E-state index contributed by atoms with van der Waals surface area (Å²) >= 11 is 3.36. The fourth-order valence-corrected chi connectivity index (χ4v) is 1.71. The number of hydrogen-bond acceptors (Lipinski definition) is 5. The first kappa shape index (κ1) is 11.1. The van der Waals surface area contributed by atoms with Crippen molar-refractivity contribution in [3.8, 4) is 11.5 Å². The smallest absolute Gasteiger partial charge is 0.166 e. The van der Waals surface area contributed by atoms with E-state index in [9.17, 15) is 0 Å². The van der Waals surface area contributed by atoms with Gasteiger partial charge in [0, 0.05) is 13.2 Å². The molecule has 0 atom stereocenters. The van der Waals surface area contributed by atoms with Gasteiger partial charge in [0.05, 0.1) is 10.7 Å². The third-order valence-electron chi connectivity index (χ3n) is 1.92. The van der Waals surface area contributed by atoms with E-state index in [2.05, 4.69) is 25.9 Å². The maximum Gasteiger partial charge on any atom is 0.166 e. The summed E-state index contributed by atoms with van der Waals surface area (Å²) in [7, 11) is 1.58. The Morgan fingerprint density at radius 3 is 2.94 bits per heavy atom. The van der Waals surface area contributed by atoms with Gasteiger partial charge in [-0.05, 0) is 22.0 Å². The van der Waals surface area contributed by atoms with E-state index in [1.165, 1.54) is 0 Å². The first-order chi connectivity index (χ1) is 7.70. The lowest BCUT2D eigenvalue weighted by Crippen LogP contribution is -2.02. The predicted molar refractivity (Wildman–Crippen MR) is 62.6 cm³/mol. The Balaban J connectivity index is 2.45. The summed E-state index contributed by atoms with van der Waals surface area (Å²) in [6, 6.07) is 3.45. The van der Waals surface area contributed by atoms with Gasteiger partial charge in [0.2, 0.25) is 0 Å². The summed E-state index contributed by atoms with van der Waals surface area (Å²) in [5.74, 6) is 1.55. The van der Waals surface area contributed by atoms with Crippen molar-refractivity contribution in [1.29, 1.82) is 0 Å². The first-order valence-corrected chi connectivity index (χ1v) is 5.35. The van der Waals surface area contributed by atoms with Crippen molar-refractivity contribution in [3.63, 3.8) is 0 Å². The molecule has 0 radical (unpaired) electrons. The topological polar surface area (TPSA) is 74.2 Å². The molecule has 0 saturated carbocycles. The van der Waals surface area contributed by atoms with Gasteiger partial charge in [-0.1, -0.05) is 0 Å². The monoisotopic (exact) mass is 283 g/mol. The number of furan rings is 1. The average molecular weight is 284 g/mol. The van der Waals surface area contributed by atoms with Crippen LogP contribution in [0.2, 0.25) is 0 Å². The Labute approximate surface area is 101 Å². The van der Waals surface area contributed by atoms with E-state index in [4.69, 9.17) is 14.9 Å². The maximum atomic E-state index is 5.68. The normalized spacial score (nSPS) is 10.6. The van der Waals surface area contributed by atoms with E-state index < -0.39 is 0 Å². The van der Waals surface area contributed by atoms with Gasteiger partial charge >= 0.3 is 0 Å². The number of aromatic nitrogens is 2. The molecule has 0 fully saturated rings. The minimum absolute atomic E-state index is 0.316. The molecule has 0 spiro atoms. The molecule has 0 aliphatic carbocycles. The molecule has 84 valence electrons. The maximum absolute atomic E-state index is 5.68. The van der Waals surface area contributed by atoms with E-state index in [1.807, 2.05) is 0 Å². The van der Waals surface area contributed by atoms with Crippen molar-refractivity contribution in [1.82, 2.24) is 9.97 Å². The van der Waals surface area contributed by atoms with Crippen LogP contribution >= 0.6 is 15.9 Å². The highest BCUT2D eigenvalue weighted by Gasteiger charge is 2.11. The van der Waals surface area contributed by atoms with Crippen molar-refractivity contribution in [2.75, 3.05) is 12.8 Å². The van der Waals surface area contributed by atoms with Crippen LogP contribution in [0.25, 0.3) is 11.5 Å². The molecule has 0 aromatic carbocycles. The molecule has 5 nitrogen and oxygen atoms in total. The highest BCUT2D eigenvalue weighted by Crippen LogP contribution is 2.28. The van der Waals surface area contributed by atoms with Crippen molar-refractivity contribution in [3.05, 3.63) is 28.7 Å². The SMILES string of the molecule is COCc1nc(N)cc(-c2occc2Br)n1. The summed E-state index contributed by atoms with van der Waals surface area (Å²) in [5.41, 5.74) is 6.32. The van der Waals surface area contributed by atoms with Gasteiger partial charge in [-0.3, -0.25) is 0 Å². The van der Waals surface area contributed by atoms with Crippen molar-refractivity contribution in [2.45, 2.75) is 6.61 Å². The van der Waals surface area contributed by atoms with Crippen LogP contribution in [0.4, 0.5) is 5.82 Å². The highest BCUT2D eigenvalue weighted by molar-refractivity contribution is 9.10. The zero-order valence-corrected chi connectivity index (χ0v) is 10.2. The first-order valence-electron chi connectivity index (χ1n) is 4.56. The Kier molecular flexibility index (Phi) is 3.21. The number of nitrogen functional groups attached to an aromatic ring is 1. The van der Waals surface area contributed by atoms with Crippen molar-refractivity contribution in [2.24, 2.45) is 0 Å². The number of nitrogens with zero attached hydrogens (tertiary/aromatic N) is 2. The number of halogens is 1. The Morgan fingerprint density at radius 2 is 2.31 bits per heavy atom. The molecule has 16 heavy (non-hydrogen) atoms. The lowest BCUT2D eigenvalue weighted by Gasteiger charge is -2.03. The number of rotatable bonds is 3. The van der Waals surface area contributed by atoms with Crippen molar-refractivity contribution >= 4 is 21.7 Å². The molecule has 2 aromatic rings. The Hall–Kier alpha value is -1.40. The van der Waals surface area contributed by atoms with Gasteiger partial charge in [-0.15, -0.1) is 0 Å². The van der Waals surface area contributed by atoms with E-state index in [0.29, 0.717) is 29.7 Å². The van der Waals surface area contributed by atoms with Crippen LogP contribution in [-0.2, 0) is 11.3 Å². The van der Waals surface area contributed by atoms with Crippen LogP contribution in [0.5, 0.6) is 0 Å². The number of nitrogens with two attached hydrogens (primary N) is 1. The number of methoxy groups -OCH3 is 1. The van der Waals surface area contributed by atoms with Crippen LogP contribution in [0, 0.1) is 0 Å². The molecule has 2 N–H and O–H groups in total. The second-order valence-electron chi connectivity index (χ2n) is 3.12. The van der Waals surface area contributed by atoms with Gasteiger partial charge in [-0.25, -0.2) is 9.97 Å². The predicted octanol–water partition coefficient (Wildman–Crippen LogP) is 2.23. The molecular weight excluding hydrogens is 274 g/mol. The highest BCUT2D eigenvalue weighted by atomic mass is 79.9. The van der Waals surface area contributed by atoms with E-state index in [0.717, 1.165) is 4.47 Å². The molecule has 0 amide bonds. The third-order valence-corrected chi connectivity index (χ3v) is 2.54. The lowest BCUT2D eigenvalue weighted by molar-refractivity contribution is 0.178. The van der Waals surface area contributed by atoms with Crippen LogP contribution in [0.1, 0.15) is 5.82 Å². The summed E-state index contributed by atoms with van der Waals surface area (Å²) in [4.78, 5) is 8.33. The van der Waals surface area contributed by atoms with E-state index in [-0.39, 0.29) is 0 Å². The number of ether oxygens (including phenoxy) is 1. The van der Waals surface area contributed by atoms with Crippen LogP contribution in [-0.4, -0.2) is 17.1 Å². The standard InChI is InChI=1S/C10H10BrN3O2/c1-15-5-9-13-7(4-8(12)14-9)10-6(11)2-3-16-10/h2-4H,5H2,1H3,(H2,12,13,14). The summed E-state index contributed by atoms with van der Waals surface area (Å²) in [5, 5.41) is 0. The van der Waals surface area contributed by atoms with Crippen LogP contribution in [0.3, 0.4) is 0 Å². The molecule has 0 aliphatic rings. The minimum Gasteiger partial charge on any atom is -0.461 e. The second kappa shape index (κ2) is 4.63. The fourth-order valence-electron chi connectivity index (χ4n) is 1.30. The lowest BCUT2D eigenvalue weighted by atomic mass is 10.3. The third kappa shape index (κ3) is 2.23. The van der Waals surface area contributed by atoms with Gasteiger partial charge in [-0.2, -0.15) is 0 Å².